The van der Waals surface area contributed by atoms with Crippen LogP contribution < -0.4 is 10.0 Å². The number of ether oxygens (including phenoxy) is 1. The molecule has 1 heterocycles. The number of benzene rings is 2. The van der Waals surface area contributed by atoms with Crippen molar-refractivity contribution < 1.29 is 17.9 Å². The summed E-state index contributed by atoms with van der Waals surface area (Å²) in [5, 5.41) is 2.93. The molecule has 2 atom stereocenters. The maximum atomic E-state index is 12.7. The Hall–Kier alpha value is -2.38. The first-order valence-corrected chi connectivity index (χ1v) is 10.9. The lowest BCUT2D eigenvalue weighted by molar-refractivity contribution is 0.0712. The fraction of sp³-hybridized carbons (Fsp3) is 0.381. The zero-order chi connectivity index (χ0) is 20.3. The maximum Gasteiger partial charge on any atom is 0.261 e. The molecule has 1 saturated heterocycles. The molecule has 0 aromatic heterocycles. The molecule has 0 unspecified atom stereocenters. The van der Waals surface area contributed by atoms with Crippen molar-refractivity contribution >= 4 is 21.6 Å². The van der Waals surface area contributed by atoms with E-state index >= 15 is 0 Å². The second-order valence-corrected chi connectivity index (χ2v) is 8.94. The molecule has 2 aromatic carbocycles. The van der Waals surface area contributed by atoms with Gasteiger partial charge in [-0.05, 0) is 63.4 Å². The van der Waals surface area contributed by atoms with Gasteiger partial charge in [0.05, 0.1) is 17.0 Å². The topological polar surface area (TPSA) is 84.5 Å². The smallest absolute Gasteiger partial charge is 0.261 e. The monoisotopic (exact) mass is 402 g/mol. The molecule has 0 aliphatic carbocycles. The summed E-state index contributed by atoms with van der Waals surface area (Å²) in [6.45, 7) is 6.33. The highest BCUT2D eigenvalue weighted by molar-refractivity contribution is 7.92. The van der Waals surface area contributed by atoms with Gasteiger partial charge in [-0.25, -0.2) is 8.42 Å². The Balaban J connectivity index is 1.79. The van der Waals surface area contributed by atoms with Crippen molar-refractivity contribution in [3.8, 4) is 0 Å². The van der Waals surface area contributed by atoms with Crippen molar-refractivity contribution in [2.75, 3.05) is 11.3 Å². The van der Waals surface area contributed by atoms with Crippen molar-refractivity contribution in [1.29, 1.82) is 0 Å². The van der Waals surface area contributed by atoms with Gasteiger partial charge in [-0.3, -0.25) is 9.52 Å². The average Bonchev–Trinajstić information content (AvgIpc) is 3.18. The Kier molecular flexibility index (Phi) is 6.05. The molecule has 150 valence electrons. The molecule has 0 spiro atoms. The number of nitrogens with one attached hydrogen (secondary N) is 2. The summed E-state index contributed by atoms with van der Waals surface area (Å²) in [6, 6.07) is 11.5. The summed E-state index contributed by atoms with van der Waals surface area (Å²) >= 11 is 0. The van der Waals surface area contributed by atoms with Crippen LogP contribution in [0.5, 0.6) is 0 Å². The molecule has 7 heteroatoms. The minimum Gasteiger partial charge on any atom is -0.376 e. The summed E-state index contributed by atoms with van der Waals surface area (Å²) in [5.41, 5.74) is 2.57. The first kappa shape index (κ1) is 20.4. The van der Waals surface area contributed by atoms with E-state index in [0.29, 0.717) is 23.4 Å². The van der Waals surface area contributed by atoms with Gasteiger partial charge >= 0.3 is 0 Å². The van der Waals surface area contributed by atoms with E-state index in [1.54, 1.807) is 25.1 Å². The van der Waals surface area contributed by atoms with Crippen molar-refractivity contribution in [1.82, 2.24) is 5.32 Å². The second-order valence-electron chi connectivity index (χ2n) is 7.26. The summed E-state index contributed by atoms with van der Waals surface area (Å²) in [4.78, 5) is 12.8. The van der Waals surface area contributed by atoms with Gasteiger partial charge in [0.1, 0.15) is 0 Å². The van der Waals surface area contributed by atoms with Crippen LogP contribution in [0, 0.1) is 13.8 Å². The number of amides is 1. The molecule has 1 aliphatic rings. The quantitative estimate of drug-likeness (QED) is 0.776. The lowest BCUT2D eigenvalue weighted by atomic mass is 10.1. The Morgan fingerprint density at radius 3 is 2.50 bits per heavy atom. The van der Waals surface area contributed by atoms with Gasteiger partial charge in [0.15, 0.2) is 0 Å². The lowest BCUT2D eigenvalue weighted by Crippen LogP contribution is -2.41. The standard InChI is InChI=1S/C21H26N2O4S/c1-14-6-9-17(10-7-14)23-28(25,26)18-11-8-15(2)19(13-18)21(24)22-16(3)20-5-4-12-27-20/h6-11,13,16,20,23H,4-5,12H2,1-3H3,(H,22,24)/t16-,20+/m0/s1. The predicted molar refractivity (Wildman–Crippen MR) is 109 cm³/mol. The van der Waals surface area contributed by atoms with E-state index < -0.39 is 10.0 Å². The van der Waals surface area contributed by atoms with Crippen molar-refractivity contribution in [3.05, 3.63) is 59.2 Å². The van der Waals surface area contributed by atoms with E-state index in [1.807, 2.05) is 26.0 Å². The molecule has 6 nitrogen and oxygen atoms in total. The Bertz CT molecular complexity index is 949. The Morgan fingerprint density at radius 1 is 1.14 bits per heavy atom. The zero-order valence-corrected chi connectivity index (χ0v) is 17.2. The van der Waals surface area contributed by atoms with Crippen LogP contribution in [0.3, 0.4) is 0 Å². The van der Waals surface area contributed by atoms with Crippen molar-refractivity contribution in [2.45, 2.75) is 50.7 Å². The van der Waals surface area contributed by atoms with E-state index in [9.17, 15) is 13.2 Å². The van der Waals surface area contributed by atoms with E-state index in [1.165, 1.54) is 12.1 Å². The molecule has 1 amide bonds. The number of carbonyl (C=O) groups is 1. The van der Waals surface area contributed by atoms with Crippen LogP contribution in [-0.2, 0) is 14.8 Å². The number of anilines is 1. The highest BCUT2D eigenvalue weighted by Gasteiger charge is 2.25. The molecule has 2 N–H and O–H groups in total. The van der Waals surface area contributed by atoms with Crippen LogP contribution >= 0.6 is 0 Å². The largest absolute Gasteiger partial charge is 0.376 e. The summed E-state index contributed by atoms with van der Waals surface area (Å²) in [5.74, 6) is -0.298. The Morgan fingerprint density at radius 2 is 1.86 bits per heavy atom. The number of hydrogen-bond donors (Lipinski definition) is 2. The summed E-state index contributed by atoms with van der Waals surface area (Å²) in [7, 11) is -3.80. The third-order valence-electron chi connectivity index (χ3n) is 4.95. The minimum absolute atomic E-state index is 0.000578. The van der Waals surface area contributed by atoms with E-state index in [0.717, 1.165) is 18.4 Å². The number of carbonyl (C=O) groups excluding carboxylic acids is 1. The van der Waals surface area contributed by atoms with Gasteiger partial charge in [-0.15, -0.1) is 0 Å². The zero-order valence-electron chi connectivity index (χ0n) is 16.4. The number of sulfonamides is 1. The maximum absolute atomic E-state index is 12.7. The summed E-state index contributed by atoms with van der Waals surface area (Å²) in [6.07, 6.45) is 1.90. The van der Waals surface area contributed by atoms with Crippen LogP contribution in [0.4, 0.5) is 5.69 Å². The minimum atomic E-state index is -3.80. The molecule has 3 rings (SSSR count). The van der Waals surface area contributed by atoms with Crippen LogP contribution in [0.1, 0.15) is 41.3 Å². The van der Waals surface area contributed by atoms with Gasteiger partial charge in [-0.1, -0.05) is 23.8 Å². The molecule has 2 aromatic rings. The summed E-state index contributed by atoms with van der Waals surface area (Å²) < 4.78 is 33.6. The fourth-order valence-electron chi connectivity index (χ4n) is 3.22. The van der Waals surface area contributed by atoms with Crippen molar-refractivity contribution in [3.63, 3.8) is 0 Å². The van der Waals surface area contributed by atoms with Crippen LogP contribution in [0.25, 0.3) is 0 Å². The highest BCUT2D eigenvalue weighted by atomic mass is 32.2. The SMILES string of the molecule is Cc1ccc(NS(=O)(=O)c2ccc(C)c(C(=O)N[C@@H](C)[C@H]3CCCO3)c2)cc1. The highest BCUT2D eigenvalue weighted by Crippen LogP contribution is 2.21. The number of hydrogen-bond acceptors (Lipinski definition) is 4. The van der Waals surface area contributed by atoms with Crippen molar-refractivity contribution in [2.24, 2.45) is 0 Å². The van der Waals surface area contributed by atoms with Crippen LogP contribution in [0.15, 0.2) is 47.4 Å². The first-order chi connectivity index (χ1) is 13.3. The molecule has 1 fully saturated rings. The average molecular weight is 403 g/mol. The predicted octanol–water partition coefficient (Wildman–Crippen LogP) is 3.40. The fourth-order valence-corrected chi connectivity index (χ4v) is 4.31. The van der Waals surface area contributed by atoms with Crippen LogP contribution in [-0.4, -0.2) is 33.1 Å². The molecule has 28 heavy (non-hydrogen) atoms. The van der Waals surface area contributed by atoms with E-state index in [2.05, 4.69) is 10.0 Å². The molecular formula is C21H26N2O4S. The molecule has 0 radical (unpaired) electrons. The lowest BCUT2D eigenvalue weighted by Gasteiger charge is -2.20. The van der Waals surface area contributed by atoms with Crippen LogP contribution in [0.2, 0.25) is 0 Å². The van der Waals surface area contributed by atoms with Gasteiger partial charge in [0.25, 0.3) is 15.9 Å². The van der Waals surface area contributed by atoms with E-state index in [4.69, 9.17) is 4.74 Å². The third kappa shape index (κ3) is 4.72. The van der Waals surface area contributed by atoms with Gasteiger partial charge in [0, 0.05) is 17.9 Å². The number of aryl methyl sites for hydroxylation is 2. The number of rotatable bonds is 6. The second kappa shape index (κ2) is 8.32. The van der Waals surface area contributed by atoms with Gasteiger partial charge < -0.3 is 10.1 Å². The molecule has 0 saturated carbocycles. The third-order valence-corrected chi connectivity index (χ3v) is 6.33. The molecule has 0 bridgehead atoms. The van der Waals surface area contributed by atoms with E-state index in [-0.39, 0.29) is 22.9 Å². The normalized spacial score (nSPS) is 17.9. The first-order valence-electron chi connectivity index (χ1n) is 9.39. The van der Waals surface area contributed by atoms with Gasteiger partial charge in [0.2, 0.25) is 0 Å². The van der Waals surface area contributed by atoms with Gasteiger partial charge in [-0.2, -0.15) is 0 Å². The Labute approximate surface area is 166 Å². The molecule has 1 aliphatic heterocycles. The molecular weight excluding hydrogens is 376 g/mol.